The molecule has 0 aromatic carbocycles. The number of ether oxygens (including phenoxy) is 1. The summed E-state index contributed by atoms with van der Waals surface area (Å²) in [7, 11) is 0. The Morgan fingerprint density at radius 1 is 1.25 bits per heavy atom. The molecule has 0 radical (unpaired) electrons. The molecular formula is C14H27NO. The van der Waals surface area contributed by atoms with E-state index >= 15 is 0 Å². The fourth-order valence-electron chi connectivity index (χ4n) is 3.19. The second-order valence-corrected chi connectivity index (χ2v) is 6.92. The van der Waals surface area contributed by atoms with Gasteiger partial charge in [0.15, 0.2) is 0 Å². The van der Waals surface area contributed by atoms with Crippen molar-refractivity contribution in [3.8, 4) is 0 Å². The Balaban J connectivity index is 1.85. The van der Waals surface area contributed by atoms with Crippen molar-refractivity contribution < 1.29 is 4.74 Å². The van der Waals surface area contributed by atoms with Crippen molar-refractivity contribution in [1.82, 2.24) is 4.90 Å². The normalized spacial score (nSPS) is 28.3. The minimum absolute atomic E-state index is 0.0617. The summed E-state index contributed by atoms with van der Waals surface area (Å²) in [4.78, 5) is 2.62. The Labute approximate surface area is 100 Å². The maximum absolute atomic E-state index is 5.77. The van der Waals surface area contributed by atoms with Gasteiger partial charge in [-0.2, -0.15) is 0 Å². The van der Waals surface area contributed by atoms with Crippen molar-refractivity contribution in [3.05, 3.63) is 0 Å². The lowest BCUT2D eigenvalue weighted by molar-refractivity contribution is -0.0905. The van der Waals surface area contributed by atoms with Gasteiger partial charge in [-0.1, -0.05) is 13.8 Å². The van der Waals surface area contributed by atoms with Crippen LogP contribution in [0.25, 0.3) is 0 Å². The molecular weight excluding hydrogens is 198 g/mol. The van der Waals surface area contributed by atoms with Gasteiger partial charge >= 0.3 is 0 Å². The molecule has 2 rings (SSSR count). The molecule has 0 spiro atoms. The van der Waals surface area contributed by atoms with E-state index in [2.05, 4.69) is 32.6 Å². The zero-order chi connectivity index (χ0) is 11.8. The summed E-state index contributed by atoms with van der Waals surface area (Å²) in [6.07, 6.45) is 4.30. The maximum atomic E-state index is 5.77. The van der Waals surface area contributed by atoms with Gasteiger partial charge in [0.2, 0.25) is 0 Å². The molecule has 0 aromatic rings. The summed E-state index contributed by atoms with van der Waals surface area (Å²) in [6, 6.07) is 0. The van der Waals surface area contributed by atoms with E-state index < -0.39 is 0 Å². The van der Waals surface area contributed by atoms with Crippen molar-refractivity contribution in [2.24, 2.45) is 11.3 Å². The second kappa shape index (κ2) is 4.30. The molecule has 16 heavy (non-hydrogen) atoms. The topological polar surface area (TPSA) is 12.5 Å². The second-order valence-electron chi connectivity index (χ2n) is 6.92. The van der Waals surface area contributed by atoms with E-state index in [1.54, 1.807) is 0 Å². The van der Waals surface area contributed by atoms with Crippen LogP contribution < -0.4 is 0 Å². The minimum atomic E-state index is 0.0617. The average molecular weight is 225 g/mol. The molecule has 0 aromatic heterocycles. The highest BCUT2D eigenvalue weighted by atomic mass is 16.5. The molecule has 2 nitrogen and oxygen atoms in total. The smallest absolute Gasteiger partial charge is 0.0753 e. The van der Waals surface area contributed by atoms with E-state index in [0.29, 0.717) is 5.41 Å². The minimum Gasteiger partial charge on any atom is -0.373 e. The highest BCUT2D eigenvalue weighted by Crippen LogP contribution is 2.51. The molecule has 1 heterocycles. The third kappa shape index (κ3) is 3.21. The third-order valence-electron chi connectivity index (χ3n) is 3.86. The lowest BCUT2D eigenvalue weighted by Gasteiger charge is -2.40. The van der Waals surface area contributed by atoms with Crippen LogP contribution in [0.5, 0.6) is 0 Å². The fraction of sp³-hybridized carbons (Fsp3) is 1.00. The van der Waals surface area contributed by atoms with E-state index in [4.69, 9.17) is 4.74 Å². The molecule has 94 valence electrons. The summed E-state index contributed by atoms with van der Waals surface area (Å²) in [5, 5.41) is 0. The summed E-state index contributed by atoms with van der Waals surface area (Å²) in [6.45, 7) is 13.6. The average Bonchev–Trinajstić information content (AvgIpc) is 2.81. The number of rotatable bonds is 4. The molecule has 1 saturated heterocycles. The molecule has 2 heteroatoms. The highest BCUT2D eigenvalue weighted by Gasteiger charge is 2.44. The molecule has 0 amide bonds. The van der Waals surface area contributed by atoms with Crippen molar-refractivity contribution in [1.29, 1.82) is 0 Å². The van der Waals surface area contributed by atoms with E-state index in [9.17, 15) is 0 Å². The van der Waals surface area contributed by atoms with Gasteiger partial charge in [-0.3, -0.25) is 4.90 Å². The molecule has 1 aliphatic heterocycles. The quantitative estimate of drug-likeness (QED) is 0.729. The van der Waals surface area contributed by atoms with Crippen LogP contribution in [0.2, 0.25) is 0 Å². The van der Waals surface area contributed by atoms with Gasteiger partial charge < -0.3 is 4.74 Å². The zero-order valence-electron chi connectivity index (χ0n) is 11.4. The van der Waals surface area contributed by atoms with E-state index in [1.165, 1.54) is 25.8 Å². The summed E-state index contributed by atoms with van der Waals surface area (Å²) < 4.78 is 5.77. The molecule has 0 N–H and O–H groups in total. The predicted octanol–water partition coefficient (Wildman–Crippen LogP) is 2.92. The van der Waals surface area contributed by atoms with E-state index in [0.717, 1.165) is 25.6 Å². The Kier molecular flexibility index (Phi) is 3.33. The first-order valence-electron chi connectivity index (χ1n) is 6.77. The molecule has 2 fully saturated rings. The molecule has 1 aliphatic carbocycles. The summed E-state index contributed by atoms with van der Waals surface area (Å²) in [5.41, 5.74) is 0.730. The summed E-state index contributed by atoms with van der Waals surface area (Å²) in [5.74, 6) is 0.844. The highest BCUT2D eigenvalue weighted by molar-refractivity contribution is 4.97. The molecule has 0 atom stereocenters. The van der Waals surface area contributed by atoms with Crippen LogP contribution in [0.1, 0.15) is 47.0 Å². The van der Waals surface area contributed by atoms with Gasteiger partial charge in [0.1, 0.15) is 0 Å². The third-order valence-corrected chi connectivity index (χ3v) is 3.86. The molecule has 0 unspecified atom stereocenters. The summed E-state index contributed by atoms with van der Waals surface area (Å²) >= 11 is 0. The van der Waals surface area contributed by atoms with Crippen LogP contribution in [0, 0.1) is 11.3 Å². The molecule has 1 saturated carbocycles. The lowest BCUT2D eigenvalue weighted by Crippen LogP contribution is -2.49. The van der Waals surface area contributed by atoms with E-state index in [1.807, 2.05) is 0 Å². The Morgan fingerprint density at radius 2 is 1.94 bits per heavy atom. The molecule has 2 aliphatic rings. The number of morpholine rings is 1. The number of hydrogen-bond donors (Lipinski definition) is 0. The van der Waals surface area contributed by atoms with Crippen LogP contribution in [0.4, 0.5) is 0 Å². The van der Waals surface area contributed by atoms with Gasteiger partial charge in [-0.15, -0.1) is 0 Å². The largest absolute Gasteiger partial charge is 0.373 e. The van der Waals surface area contributed by atoms with E-state index in [-0.39, 0.29) is 5.60 Å². The Morgan fingerprint density at radius 3 is 2.44 bits per heavy atom. The number of nitrogens with zero attached hydrogens (tertiary/aromatic N) is 1. The Hall–Kier alpha value is -0.0800. The maximum Gasteiger partial charge on any atom is 0.0753 e. The SMILES string of the molecule is CC(C)CC1(CN2CCOC(C)(C)C2)CC1. The van der Waals surface area contributed by atoms with Crippen molar-refractivity contribution >= 4 is 0 Å². The molecule has 0 bridgehead atoms. The van der Waals surface area contributed by atoms with Gasteiger partial charge in [-0.05, 0) is 44.4 Å². The van der Waals surface area contributed by atoms with Crippen molar-refractivity contribution in [2.45, 2.75) is 52.6 Å². The first-order valence-corrected chi connectivity index (χ1v) is 6.77. The van der Waals surface area contributed by atoms with Crippen LogP contribution in [0.15, 0.2) is 0 Å². The van der Waals surface area contributed by atoms with Crippen LogP contribution in [-0.2, 0) is 4.74 Å². The van der Waals surface area contributed by atoms with Crippen molar-refractivity contribution in [3.63, 3.8) is 0 Å². The van der Waals surface area contributed by atoms with Gasteiger partial charge in [0.25, 0.3) is 0 Å². The Bertz CT molecular complexity index is 243. The van der Waals surface area contributed by atoms with Crippen LogP contribution in [-0.4, -0.2) is 36.7 Å². The van der Waals surface area contributed by atoms with Crippen LogP contribution >= 0.6 is 0 Å². The van der Waals surface area contributed by atoms with Crippen molar-refractivity contribution in [2.75, 3.05) is 26.2 Å². The van der Waals surface area contributed by atoms with Gasteiger partial charge in [-0.25, -0.2) is 0 Å². The zero-order valence-corrected chi connectivity index (χ0v) is 11.4. The fourth-order valence-corrected chi connectivity index (χ4v) is 3.19. The first kappa shape index (κ1) is 12.4. The standard InChI is InChI=1S/C14H27NO/c1-12(2)9-14(5-6-14)11-15-7-8-16-13(3,4)10-15/h12H,5-11H2,1-4H3. The first-order chi connectivity index (χ1) is 7.41. The van der Waals surface area contributed by atoms with Crippen LogP contribution in [0.3, 0.4) is 0 Å². The lowest BCUT2D eigenvalue weighted by atomic mass is 9.93. The van der Waals surface area contributed by atoms with Gasteiger partial charge in [0, 0.05) is 19.6 Å². The van der Waals surface area contributed by atoms with Gasteiger partial charge in [0.05, 0.1) is 12.2 Å². The number of hydrogen-bond acceptors (Lipinski definition) is 2. The predicted molar refractivity (Wildman–Crippen MR) is 67.6 cm³/mol. The monoisotopic (exact) mass is 225 g/mol.